The molecule has 16 heteroatoms. The first-order chi connectivity index (χ1) is 23.1. The molecule has 12 N–H and O–H groups in total. The smallest absolute Gasteiger partial charge is 0.243 e. The first-order valence-corrected chi connectivity index (χ1v) is 15.7. The SMILES string of the molecule is CC(C)C[C@H](NC(=O)[C@H](Cc1ccccc1)NC(=O)CNC(=O)CNC(=O)[C@@H](N)Cc1ccc(O)cc1)C(=O)N[C@@H](CCC(N)=O)C(N)=O. The van der Waals surface area contributed by atoms with Crippen molar-refractivity contribution >= 4 is 41.4 Å². The quantitative estimate of drug-likeness (QED) is 0.0745. The Morgan fingerprint density at radius 3 is 1.84 bits per heavy atom. The first-order valence-electron chi connectivity index (χ1n) is 15.7. The summed E-state index contributed by atoms with van der Waals surface area (Å²) in [5, 5.41) is 21.8. The topological polar surface area (TPSA) is 278 Å². The Morgan fingerprint density at radius 1 is 0.673 bits per heavy atom. The molecule has 0 aromatic heterocycles. The summed E-state index contributed by atoms with van der Waals surface area (Å²) in [5.74, 6) is -4.97. The molecule has 2 aromatic carbocycles. The summed E-state index contributed by atoms with van der Waals surface area (Å²) in [6.07, 6.45) is 0.0675. The third kappa shape index (κ3) is 15.3. The molecule has 0 saturated carbocycles. The number of phenols is 1. The Balaban J connectivity index is 2.02. The molecule has 0 unspecified atom stereocenters. The number of primary amides is 2. The largest absolute Gasteiger partial charge is 0.508 e. The lowest BCUT2D eigenvalue weighted by Gasteiger charge is -2.26. The Labute approximate surface area is 284 Å². The molecule has 0 aliphatic carbocycles. The van der Waals surface area contributed by atoms with Gasteiger partial charge in [-0.15, -0.1) is 0 Å². The zero-order valence-electron chi connectivity index (χ0n) is 27.6. The highest BCUT2D eigenvalue weighted by Crippen LogP contribution is 2.11. The molecule has 0 saturated heterocycles. The lowest BCUT2D eigenvalue weighted by Crippen LogP contribution is -2.57. The van der Waals surface area contributed by atoms with E-state index in [1.54, 1.807) is 42.5 Å². The number of hydrogen-bond donors (Lipinski definition) is 9. The van der Waals surface area contributed by atoms with Gasteiger partial charge in [0.25, 0.3) is 0 Å². The number of rotatable bonds is 20. The Hall–Kier alpha value is -5.51. The summed E-state index contributed by atoms with van der Waals surface area (Å²) >= 11 is 0. The van der Waals surface area contributed by atoms with Crippen molar-refractivity contribution in [3.05, 3.63) is 65.7 Å². The van der Waals surface area contributed by atoms with Gasteiger partial charge in [0.1, 0.15) is 23.9 Å². The second kappa shape index (κ2) is 20.0. The number of carbonyl (C=O) groups is 7. The summed E-state index contributed by atoms with van der Waals surface area (Å²) in [4.78, 5) is 87.4. The fourth-order valence-corrected chi connectivity index (χ4v) is 4.64. The number of nitrogens with one attached hydrogen (secondary N) is 5. The monoisotopic (exact) mass is 682 g/mol. The molecule has 0 bridgehead atoms. The van der Waals surface area contributed by atoms with Crippen molar-refractivity contribution < 1.29 is 38.7 Å². The second-order valence-corrected chi connectivity index (χ2v) is 11.9. The Bertz CT molecular complexity index is 1450. The maximum absolute atomic E-state index is 13.5. The van der Waals surface area contributed by atoms with E-state index in [2.05, 4.69) is 26.6 Å². The van der Waals surface area contributed by atoms with E-state index in [1.807, 2.05) is 13.8 Å². The van der Waals surface area contributed by atoms with Gasteiger partial charge < -0.3 is 48.9 Å². The molecular formula is C33H46N8O8. The molecule has 266 valence electrons. The van der Waals surface area contributed by atoms with E-state index >= 15 is 0 Å². The van der Waals surface area contributed by atoms with Gasteiger partial charge in [0.15, 0.2) is 0 Å². The van der Waals surface area contributed by atoms with E-state index in [0.29, 0.717) is 11.1 Å². The lowest BCUT2D eigenvalue weighted by molar-refractivity contribution is -0.134. The molecule has 2 rings (SSSR count). The van der Waals surface area contributed by atoms with Gasteiger partial charge in [-0.3, -0.25) is 33.6 Å². The van der Waals surface area contributed by atoms with Crippen LogP contribution < -0.4 is 43.8 Å². The molecule has 0 aliphatic heterocycles. The summed E-state index contributed by atoms with van der Waals surface area (Å²) < 4.78 is 0. The minimum Gasteiger partial charge on any atom is -0.508 e. The summed E-state index contributed by atoms with van der Waals surface area (Å²) in [6, 6.07) is 10.5. The van der Waals surface area contributed by atoms with Crippen LogP contribution in [0.1, 0.15) is 44.2 Å². The van der Waals surface area contributed by atoms with E-state index in [4.69, 9.17) is 17.2 Å². The molecule has 49 heavy (non-hydrogen) atoms. The number of benzene rings is 2. The maximum Gasteiger partial charge on any atom is 0.243 e. The number of amides is 7. The molecule has 16 nitrogen and oxygen atoms in total. The summed E-state index contributed by atoms with van der Waals surface area (Å²) in [5.41, 5.74) is 17.9. The predicted molar refractivity (Wildman–Crippen MR) is 179 cm³/mol. The number of nitrogens with two attached hydrogens (primary N) is 3. The molecule has 0 heterocycles. The third-order valence-electron chi connectivity index (χ3n) is 7.21. The zero-order valence-corrected chi connectivity index (χ0v) is 27.6. The minimum atomic E-state index is -1.20. The lowest BCUT2D eigenvalue weighted by atomic mass is 10.0. The van der Waals surface area contributed by atoms with E-state index in [9.17, 15) is 38.7 Å². The van der Waals surface area contributed by atoms with Crippen LogP contribution in [-0.4, -0.2) is 83.7 Å². The van der Waals surface area contributed by atoms with Crippen LogP contribution in [0.2, 0.25) is 0 Å². The van der Waals surface area contributed by atoms with Crippen molar-refractivity contribution in [3.63, 3.8) is 0 Å². The van der Waals surface area contributed by atoms with Crippen molar-refractivity contribution in [2.75, 3.05) is 13.1 Å². The van der Waals surface area contributed by atoms with Gasteiger partial charge >= 0.3 is 0 Å². The van der Waals surface area contributed by atoms with Gasteiger partial charge in [0.05, 0.1) is 19.1 Å². The third-order valence-corrected chi connectivity index (χ3v) is 7.21. The number of phenolic OH excluding ortho intramolecular Hbond substituents is 1. The van der Waals surface area contributed by atoms with Crippen LogP contribution in [0.5, 0.6) is 5.75 Å². The number of carbonyl (C=O) groups excluding carboxylic acids is 7. The average molecular weight is 683 g/mol. The van der Waals surface area contributed by atoms with Crippen LogP contribution in [0, 0.1) is 5.92 Å². The van der Waals surface area contributed by atoms with Crippen LogP contribution in [0.15, 0.2) is 54.6 Å². The van der Waals surface area contributed by atoms with Gasteiger partial charge in [0.2, 0.25) is 41.4 Å². The maximum atomic E-state index is 13.5. The highest BCUT2D eigenvalue weighted by Gasteiger charge is 2.30. The van der Waals surface area contributed by atoms with Gasteiger partial charge in [-0.1, -0.05) is 56.3 Å². The standard InChI is InChI=1S/C33H46N8O8/c1-19(2)14-25(32(48)40-24(30(36)46)12-13-27(35)43)41-33(49)26(16-20-6-4-3-5-7-20)39-29(45)18-37-28(44)17-38-31(47)23(34)15-21-8-10-22(42)11-9-21/h3-11,19,23-26,42H,12-18,34H2,1-2H3,(H2,35,43)(H2,36,46)(H,37,44)(H,38,47)(H,39,45)(H,40,48)(H,41,49)/t23-,24-,25-,26-/m0/s1. The van der Waals surface area contributed by atoms with E-state index < -0.39 is 78.6 Å². The first kappa shape index (κ1) is 39.7. The minimum absolute atomic E-state index is 0.0415. The summed E-state index contributed by atoms with van der Waals surface area (Å²) in [6.45, 7) is 2.66. The molecule has 2 aromatic rings. The van der Waals surface area contributed by atoms with Gasteiger partial charge in [-0.25, -0.2) is 0 Å². The highest BCUT2D eigenvalue weighted by atomic mass is 16.3. The zero-order chi connectivity index (χ0) is 36.5. The highest BCUT2D eigenvalue weighted by molar-refractivity contribution is 5.95. The molecular weight excluding hydrogens is 636 g/mol. The fourth-order valence-electron chi connectivity index (χ4n) is 4.64. The van der Waals surface area contributed by atoms with Crippen molar-refractivity contribution in [3.8, 4) is 5.75 Å². The summed E-state index contributed by atoms with van der Waals surface area (Å²) in [7, 11) is 0. The molecule has 4 atom stereocenters. The molecule has 0 aliphatic rings. The van der Waals surface area contributed by atoms with Crippen LogP contribution in [0.4, 0.5) is 0 Å². The second-order valence-electron chi connectivity index (χ2n) is 11.9. The fraction of sp³-hybridized carbons (Fsp3) is 0.424. The number of hydrogen-bond acceptors (Lipinski definition) is 9. The van der Waals surface area contributed by atoms with Crippen LogP contribution in [0.3, 0.4) is 0 Å². The normalized spacial score (nSPS) is 13.2. The molecule has 0 spiro atoms. The average Bonchev–Trinajstić information content (AvgIpc) is 3.04. The van der Waals surface area contributed by atoms with Crippen molar-refractivity contribution in [2.45, 2.75) is 70.1 Å². The van der Waals surface area contributed by atoms with Crippen LogP contribution in [-0.2, 0) is 46.4 Å². The van der Waals surface area contributed by atoms with Crippen molar-refractivity contribution in [1.29, 1.82) is 0 Å². The van der Waals surface area contributed by atoms with E-state index in [0.717, 1.165) is 0 Å². The van der Waals surface area contributed by atoms with Crippen LogP contribution in [0.25, 0.3) is 0 Å². The van der Waals surface area contributed by atoms with Crippen molar-refractivity contribution in [2.24, 2.45) is 23.1 Å². The van der Waals surface area contributed by atoms with Crippen LogP contribution >= 0.6 is 0 Å². The van der Waals surface area contributed by atoms with Gasteiger partial charge in [0, 0.05) is 12.8 Å². The molecule has 0 fully saturated rings. The van der Waals surface area contributed by atoms with Gasteiger partial charge in [-0.05, 0) is 48.4 Å². The molecule has 0 radical (unpaired) electrons. The Morgan fingerprint density at radius 2 is 1.24 bits per heavy atom. The van der Waals surface area contributed by atoms with E-state index in [1.165, 1.54) is 12.1 Å². The predicted octanol–water partition coefficient (Wildman–Crippen LogP) is -2.01. The Kier molecular flexibility index (Phi) is 16.2. The molecule has 7 amide bonds. The van der Waals surface area contributed by atoms with Gasteiger partial charge in [-0.2, -0.15) is 0 Å². The van der Waals surface area contributed by atoms with Crippen molar-refractivity contribution in [1.82, 2.24) is 26.6 Å². The van der Waals surface area contributed by atoms with E-state index in [-0.39, 0.29) is 43.8 Å². The number of aromatic hydroxyl groups is 1.